The van der Waals surface area contributed by atoms with E-state index in [1.807, 2.05) is 0 Å². The van der Waals surface area contributed by atoms with Crippen molar-refractivity contribution in [3.05, 3.63) is 51.2 Å². The lowest BCUT2D eigenvalue weighted by Crippen LogP contribution is -2.20. The van der Waals surface area contributed by atoms with Gasteiger partial charge in [0.25, 0.3) is 11.5 Å². The van der Waals surface area contributed by atoms with Gasteiger partial charge in [-0.15, -0.1) is 0 Å². The van der Waals surface area contributed by atoms with Gasteiger partial charge in [-0.05, 0) is 13.0 Å². The molecule has 3 aromatic rings. The third kappa shape index (κ3) is 3.34. The number of halogens is 4. The summed E-state index contributed by atoms with van der Waals surface area (Å²) in [6.45, 7) is 1.24. The molecule has 0 saturated heterocycles. The monoisotopic (exact) mass is 397 g/mol. The molecule has 1 N–H and O–H groups in total. The predicted octanol–water partition coefficient (Wildman–Crippen LogP) is 3.52. The number of hydrogen-bond acceptors (Lipinski definition) is 4. The summed E-state index contributed by atoms with van der Waals surface area (Å²) in [6.07, 6.45) is 0. The van der Waals surface area contributed by atoms with E-state index in [0.29, 0.717) is 6.92 Å². The Hall–Kier alpha value is -2.91. The molecule has 0 saturated carbocycles. The zero-order chi connectivity index (χ0) is 20.8. The van der Waals surface area contributed by atoms with Gasteiger partial charge < -0.3 is 4.90 Å². The van der Waals surface area contributed by atoms with Crippen molar-refractivity contribution in [2.45, 2.75) is 32.5 Å². The molecular weight excluding hydrogens is 378 g/mol. The molecule has 2 heterocycles. The number of H-pyrrole nitrogens is 1. The van der Waals surface area contributed by atoms with Crippen molar-refractivity contribution in [2.75, 3.05) is 19.0 Å². The van der Waals surface area contributed by atoms with Gasteiger partial charge >= 0.3 is 0 Å². The van der Waals surface area contributed by atoms with Crippen LogP contribution in [0.5, 0.6) is 0 Å². The Labute approximate surface area is 157 Å². The minimum Gasteiger partial charge on any atom is -0.348 e. The quantitative estimate of drug-likeness (QED) is 0.669. The van der Waals surface area contributed by atoms with E-state index in [0.717, 1.165) is 12.1 Å². The smallest absolute Gasteiger partial charge is 0.270 e. The van der Waals surface area contributed by atoms with Gasteiger partial charge in [-0.25, -0.2) is 22.2 Å². The largest absolute Gasteiger partial charge is 0.348 e. The van der Waals surface area contributed by atoms with Crippen molar-refractivity contribution in [1.29, 1.82) is 0 Å². The summed E-state index contributed by atoms with van der Waals surface area (Å²) in [5.74, 6) is -3.81. The van der Waals surface area contributed by atoms with Gasteiger partial charge in [0, 0.05) is 32.1 Å². The molecule has 1 unspecified atom stereocenters. The molecule has 0 bridgehead atoms. The van der Waals surface area contributed by atoms with Crippen LogP contribution in [0.2, 0.25) is 0 Å². The van der Waals surface area contributed by atoms with E-state index in [1.54, 1.807) is 25.9 Å². The molecule has 6 nitrogen and oxygen atoms in total. The van der Waals surface area contributed by atoms with Crippen LogP contribution < -0.4 is 10.5 Å². The van der Waals surface area contributed by atoms with Gasteiger partial charge in [0.1, 0.15) is 23.6 Å². The predicted molar refractivity (Wildman–Crippen MR) is 97.1 cm³/mol. The number of fused-ring (bicyclic) bond motifs is 1. The van der Waals surface area contributed by atoms with E-state index in [2.05, 4.69) is 15.1 Å². The van der Waals surface area contributed by atoms with Crippen LogP contribution in [0.15, 0.2) is 23.0 Å². The molecule has 0 aliphatic carbocycles. The minimum atomic E-state index is -3.18. The maximum Gasteiger partial charge on any atom is 0.270 e. The third-order valence-electron chi connectivity index (χ3n) is 4.50. The summed E-state index contributed by atoms with van der Waals surface area (Å²) in [7, 11) is 3.32. The molecule has 0 aliphatic rings. The van der Waals surface area contributed by atoms with Gasteiger partial charge in [-0.3, -0.25) is 9.78 Å². The van der Waals surface area contributed by atoms with Crippen LogP contribution in [-0.2, 0) is 12.6 Å². The molecule has 150 valence electrons. The topological polar surface area (TPSA) is 66.8 Å². The van der Waals surface area contributed by atoms with Crippen LogP contribution in [0.4, 0.5) is 23.5 Å². The first-order chi connectivity index (χ1) is 13.0. The number of nitrogens with zero attached hydrogens (tertiary/aromatic N) is 4. The van der Waals surface area contributed by atoms with Crippen LogP contribution in [0.25, 0.3) is 11.0 Å². The summed E-state index contributed by atoms with van der Waals surface area (Å²) in [4.78, 5) is 20.8. The van der Waals surface area contributed by atoms with Crippen LogP contribution in [0.3, 0.4) is 0 Å². The van der Waals surface area contributed by atoms with Crippen molar-refractivity contribution >= 4 is 17.0 Å². The van der Waals surface area contributed by atoms with Gasteiger partial charge in [-0.2, -0.15) is 10.1 Å². The van der Waals surface area contributed by atoms with Crippen molar-refractivity contribution in [3.63, 3.8) is 0 Å². The van der Waals surface area contributed by atoms with Gasteiger partial charge in [0.2, 0.25) is 5.95 Å². The number of alkyl halides is 3. The average Bonchev–Trinajstić information content (AvgIpc) is 2.99. The highest BCUT2D eigenvalue weighted by Crippen LogP contribution is 2.31. The average molecular weight is 397 g/mol. The molecule has 0 spiro atoms. The zero-order valence-electron chi connectivity index (χ0n) is 15.7. The van der Waals surface area contributed by atoms with Crippen molar-refractivity contribution in [1.82, 2.24) is 19.7 Å². The maximum absolute atomic E-state index is 14.5. The van der Waals surface area contributed by atoms with Crippen LogP contribution in [0.1, 0.15) is 36.7 Å². The fourth-order valence-electron chi connectivity index (χ4n) is 2.95. The summed E-state index contributed by atoms with van der Waals surface area (Å²) in [6, 6.07) is 2.31. The maximum atomic E-state index is 14.5. The standard InChI is InChI=1S/C18H19F4N5O/c1-9(11-6-5-10(7-12(11)20)18(2,21)22)27-15-14(13(8-19)25-27)16(28)24-17(23-15)26(3)4/h5-7,9H,8H2,1-4H3,(H,23,24,28). The highest BCUT2D eigenvalue weighted by atomic mass is 19.3. The summed E-state index contributed by atoms with van der Waals surface area (Å²) < 4.78 is 56.1. The van der Waals surface area contributed by atoms with Gasteiger partial charge in [0.15, 0.2) is 5.65 Å². The number of rotatable bonds is 5. The Balaban J connectivity index is 2.19. The Morgan fingerprint density at radius 2 is 2.00 bits per heavy atom. The van der Waals surface area contributed by atoms with Gasteiger partial charge in [-0.1, -0.05) is 12.1 Å². The number of aromatic amines is 1. The lowest BCUT2D eigenvalue weighted by atomic mass is 10.0. The first-order valence-corrected chi connectivity index (χ1v) is 8.47. The van der Waals surface area contributed by atoms with Crippen molar-refractivity contribution in [3.8, 4) is 0 Å². The Bertz CT molecular complexity index is 1080. The SMILES string of the molecule is CC(c1ccc(C(C)(F)F)cc1F)n1nc(CF)c2c(=O)[nH]c(N(C)C)nc21. The van der Waals surface area contributed by atoms with Crippen molar-refractivity contribution in [2.24, 2.45) is 0 Å². The molecule has 1 atom stereocenters. The number of benzene rings is 1. The lowest BCUT2D eigenvalue weighted by Gasteiger charge is -2.17. The van der Waals surface area contributed by atoms with Crippen LogP contribution in [-0.4, -0.2) is 33.8 Å². The molecule has 10 heteroatoms. The van der Waals surface area contributed by atoms with E-state index in [1.165, 1.54) is 10.7 Å². The van der Waals surface area contributed by atoms with E-state index in [4.69, 9.17) is 0 Å². The fourth-order valence-corrected chi connectivity index (χ4v) is 2.95. The fraction of sp³-hybridized carbons (Fsp3) is 0.389. The van der Waals surface area contributed by atoms with E-state index >= 15 is 0 Å². The first kappa shape index (κ1) is 19.8. The van der Waals surface area contributed by atoms with E-state index in [9.17, 15) is 22.4 Å². The summed E-state index contributed by atoms with van der Waals surface area (Å²) in [5, 5.41) is 4.05. The third-order valence-corrected chi connectivity index (χ3v) is 4.50. The molecule has 1 aromatic carbocycles. The highest BCUT2D eigenvalue weighted by molar-refractivity contribution is 5.78. The number of hydrogen-bond donors (Lipinski definition) is 1. The first-order valence-electron chi connectivity index (χ1n) is 8.47. The van der Waals surface area contributed by atoms with E-state index in [-0.39, 0.29) is 28.2 Å². The number of aromatic nitrogens is 4. The normalized spacial score (nSPS) is 13.1. The number of nitrogens with one attached hydrogen (secondary N) is 1. The molecule has 0 radical (unpaired) electrons. The molecular formula is C18H19F4N5O. The van der Waals surface area contributed by atoms with E-state index < -0.39 is 35.6 Å². The summed E-state index contributed by atoms with van der Waals surface area (Å²) >= 11 is 0. The molecule has 0 amide bonds. The number of anilines is 1. The Morgan fingerprint density at radius 3 is 2.54 bits per heavy atom. The molecule has 0 fully saturated rings. The zero-order valence-corrected chi connectivity index (χ0v) is 15.7. The Kier molecular flexibility index (Phi) is 4.90. The van der Waals surface area contributed by atoms with Crippen LogP contribution in [0, 0.1) is 5.82 Å². The second-order valence-corrected chi connectivity index (χ2v) is 6.81. The second-order valence-electron chi connectivity index (χ2n) is 6.81. The summed E-state index contributed by atoms with van der Waals surface area (Å²) in [5.41, 5.74) is -1.01. The lowest BCUT2D eigenvalue weighted by molar-refractivity contribution is 0.0171. The van der Waals surface area contributed by atoms with Gasteiger partial charge in [0.05, 0.1) is 6.04 Å². The van der Waals surface area contributed by atoms with Crippen LogP contribution >= 0.6 is 0 Å². The second kappa shape index (κ2) is 6.92. The molecule has 0 aliphatic heterocycles. The highest BCUT2D eigenvalue weighted by Gasteiger charge is 2.27. The van der Waals surface area contributed by atoms with Crippen molar-refractivity contribution < 1.29 is 17.6 Å². The molecule has 2 aromatic heterocycles. The Morgan fingerprint density at radius 1 is 1.32 bits per heavy atom. The minimum absolute atomic E-state index is 0.0305. The molecule has 3 rings (SSSR count). The molecule has 28 heavy (non-hydrogen) atoms.